The Labute approximate surface area is 155 Å². The number of aryl methyl sites for hydroxylation is 1. The van der Waals surface area contributed by atoms with Gasteiger partial charge >= 0.3 is 0 Å². The van der Waals surface area contributed by atoms with Gasteiger partial charge in [-0.3, -0.25) is 19.8 Å². The number of nitrogens with zero attached hydrogens (tertiary/aromatic N) is 4. The molecule has 1 N–H and O–H groups in total. The van der Waals surface area contributed by atoms with Crippen molar-refractivity contribution in [2.75, 3.05) is 5.32 Å². The highest BCUT2D eigenvalue weighted by Gasteiger charge is 2.14. The van der Waals surface area contributed by atoms with Crippen LogP contribution in [0.25, 0.3) is 21.9 Å². The molecule has 2 heterocycles. The van der Waals surface area contributed by atoms with Crippen LogP contribution in [0.15, 0.2) is 67.3 Å². The van der Waals surface area contributed by atoms with E-state index in [4.69, 9.17) is 0 Å². The van der Waals surface area contributed by atoms with E-state index in [1.54, 1.807) is 23.0 Å². The molecule has 0 aliphatic rings. The van der Waals surface area contributed by atoms with E-state index in [-0.39, 0.29) is 10.6 Å². The predicted octanol–water partition coefficient (Wildman–Crippen LogP) is 4.16. The zero-order valence-corrected chi connectivity index (χ0v) is 14.7. The summed E-state index contributed by atoms with van der Waals surface area (Å²) < 4.78 is 1.78. The van der Waals surface area contributed by atoms with Gasteiger partial charge in [-0.05, 0) is 29.3 Å². The first-order valence-corrected chi connectivity index (χ1v) is 8.45. The standard InChI is InChI=1S/C20H17N5O2/c1-24-13-16(11-23-24)15-4-2-3-14(9-15)10-22-19-5-6-20(25(26)27)18-12-21-8-7-17(18)19/h2-9,11-13,22H,10H2,1H3. The van der Waals surface area contributed by atoms with Gasteiger partial charge in [0, 0.05) is 54.9 Å². The molecular weight excluding hydrogens is 342 g/mol. The quantitative estimate of drug-likeness (QED) is 0.427. The van der Waals surface area contributed by atoms with E-state index in [9.17, 15) is 10.1 Å². The summed E-state index contributed by atoms with van der Waals surface area (Å²) in [7, 11) is 1.89. The maximum Gasteiger partial charge on any atom is 0.278 e. The lowest BCUT2D eigenvalue weighted by atomic mass is 10.1. The van der Waals surface area contributed by atoms with Crippen LogP contribution in [0.5, 0.6) is 0 Å². The van der Waals surface area contributed by atoms with Crippen molar-refractivity contribution >= 4 is 22.1 Å². The molecule has 0 saturated carbocycles. The van der Waals surface area contributed by atoms with Gasteiger partial charge in [0.15, 0.2) is 0 Å². The van der Waals surface area contributed by atoms with Crippen LogP contribution in [-0.2, 0) is 13.6 Å². The molecule has 0 aliphatic heterocycles. The number of nitrogens with one attached hydrogen (secondary N) is 1. The lowest BCUT2D eigenvalue weighted by Gasteiger charge is -2.11. The second-order valence-electron chi connectivity index (χ2n) is 6.27. The third-order valence-electron chi connectivity index (χ3n) is 4.44. The number of aromatic nitrogens is 3. The molecule has 4 aromatic rings. The molecule has 0 amide bonds. The van der Waals surface area contributed by atoms with Gasteiger partial charge in [0.1, 0.15) is 0 Å². The molecule has 2 aromatic heterocycles. The van der Waals surface area contributed by atoms with Crippen molar-refractivity contribution in [2.45, 2.75) is 6.54 Å². The van der Waals surface area contributed by atoms with Crippen molar-refractivity contribution < 1.29 is 4.92 Å². The maximum absolute atomic E-state index is 11.2. The Bertz CT molecular complexity index is 1140. The molecule has 0 radical (unpaired) electrons. The molecule has 0 unspecified atom stereocenters. The van der Waals surface area contributed by atoms with Gasteiger partial charge in [-0.15, -0.1) is 0 Å². The van der Waals surface area contributed by atoms with Crippen molar-refractivity contribution in [1.29, 1.82) is 0 Å². The summed E-state index contributed by atoms with van der Waals surface area (Å²) in [5.74, 6) is 0. The van der Waals surface area contributed by atoms with Crippen molar-refractivity contribution in [2.24, 2.45) is 7.05 Å². The van der Waals surface area contributed by atoms with Crippen molar-refractivity contribution in [3.8, 4) is 11.1 Å². The van der Waals surface area contributed by atoms with E-state index in [0.29, 0.717) is 11.9 Å². The average molecular weight is 359 g/mol. The van der Waals surface area contributed by atoms with Gasteiger partial charge in [0.2, 0.25) is 0 Å². The highest BCUT2D eigenvalue weighted by Crippen LogP contribution is 2.31. The van der Waals surface area contributed by atoms with E-state index in [0.717, 1.165) is 27.8 Å². The molecule has 0 saturated heterocycles. The molecule has 27 heavy (non-hydrogen) atoms. The van der Waals surface area contributed by atoms with E-state index >= 15 is 0 Å². The van der Waals surface area contributed by atoms with Gasteiger partial charge in [-0.25, -0.2) is 0 Å². The normalized spacial score (nSPS) is 10.9. The molecule has 0 atom stereocenters. The summed E-state index contributed by atoms with van der Waals surface area (Å²) in [5.41, 5.74) is 4.16. The Morgan fingerprint density at radius 1 is 1.11 bits per heavy atom. The smallest absolute Gasteiger partial charge is 0.278 e. The van der Waals surface area contributed by atoms with Crippen LogP contribution in [-0.4, -0.2) is 19.7 Å². The number of nitro groups is 1. The molecule has 0 spiro atoms. The van der Waals surface area contributed by atoms with Gasteiger partial charge in [0.25, 0.3) is 5.69 Å². The largest absolute Gasteiger partial charge is 0.380 e. The molecule has 7 nitrogen and oxygen atoms in total. The van der Waals surface area contributed by atoms with Gasteiger partial charge < -0.3 is 5.32 Å². The highest BCUT2D eigenvalue weighted by molar-refractivity contribution is 5.99. The first kappa shape index (κ1) is 16.7. The lowest BCUT2D eigenvalue weighted by Crippen LogP contribution is -2.01. The number of rotatable bonds is 5. The Morgan fingerprint density at radius 3 is 2.78 bits per heavy atom. The minimum Gasteiger partial charge on any atom is -0.380 e. The zero-order valence-electron chi connectivity index (χ0n) is 14.7. The van der Waals surface area contributed by atoms with Crippen LogP contribution in [0.3, 0.4) is 0 Å². The summed E-state index contributed by atoms with van der Waals surface area (Å²) in [6.07, 6.45) is 6.98. The van der Waals surface area contributed by atoms with Gasteiger partial charge in [-0.1, -0.05) is 18.2 Å². The first-order valence-electron chi connectivity index (χ1n) is 8.45. The summed E-state index contributed by atoms with van der Waals surface area (Å²) in [6, 6.07) is 13.3. The fourth-order valence-electron chi connectivity index (χ4n) is 3.12. The second-order valence-corrected chi connectivity index (χ2v) is 6.27. The van der Waals surface area contributed by atoms with E-state index in [2.05, 4.69) is 21.5 Å². The van der Waals surface area contributed by atoms with Crippen LogP contribution in [0.4, 0.5) is 11.4 Å². The minimum absolute atomic E-state index is 0.0576. The molecule has 4 rings (SSSR count). The third kappa shape index (κ3) is 3.35. The van der Waals surface area contributed by atoms with Crippen LogP contribution in [0.1, 0.15) is 5.56 Å². The average Bonchev–Trinajstić information content (AvgIpc) is 3.12. The lowest BCUT2D eigenvalue weighted by molar-refractivity contribution is -0.383. The number of benzene rings is 2. The molecule has 134 valence electrons. The van der Waals surface area contributed by atoms with Crippen LogP contribution in [0, 0.1) is 10.1 Å². The molecule has 0 aliphatic carbocycles. The number of hydrogen-bond acceptors (Lipinski definition) is 5. The van der Waals surface area contributed by atoms with Gasteiger partial charge in [-0.2, -0.15) is 5.10 Å². The highest BCUT2D eigenvalue weighted by atomic mass is 16.6. The minimum atomic E-state index is -0.384. The fraction of sp³-hybridized carbons (Fsp3) is 0.100. The molecule has 0 bridgehead atoms. The monoisotopic (exact) mass is 359 g/mol. The van der Waals surface area contributed by atoms with Crippen LogP contribution >= 0.6 is 0 Å². The second kappa shape index (κ2) is 6.87. The number of anilines is 1. The Balaban J connectivity index is 1.61. The number of non-ortho nitro benzene ring substituents is 1. The topological polar surface area (TPSA) is 85.9 Å². The number of pyridine rings is 1. The Kier molecular flexibility index (Phi) is 4.25. The fourth-order valence-corrected chi connectivity index (χ4v) is 3.12. The number of fused-ring (bicyclic) bond motifs is 1. The molecule has 2 aromatic carbocycles. The molecule has 7 heteroatoms. The maximum atomic E-state index is 11.2. The van der Waals surface area contributed by atoms with Crippen LogP contribution < -0.4 is 5.32 Å². The van der Waals surface area contributed by atoms with Crippen molar-refractivity contribution in [3.05, 3.63) is 82.9 Å². The zero-order chi connectivity index (χ0) is 18.8. The summed E-state index contributed by atoms with van der Waals surface area (Å²) in [4.78, 5) is 14.9. The van der Waals surface area contributed by atoms with E-state index in [1.807, 2.05) is 37.6 Å². The first-order chi connectivity index (χ1) is 13.1. The summed E-state index contributed by atoms with van der Waals surface area (Å²) in [6.45, 7) is 0.601. The van der Waals surface area contributed by atoms with E-state index < -0.39 is 0 Å². The number of nitro benzene ring substituents is 1. The predicted molar refractivity (Wildman–Crippen MR) is 104 cm³/mol. The summed E-state index contributed by atoms with van der Waals surface area (Å²) >= 11 is 0. The summed E-state index contributed by atoms with van der Waals surface area (Å²) in [5, 5.41) is 20.1. The van der Waals surface area contributed by atoms with E-state index in [1.165, 1.54) is 12.3 Å². The SMILES string of the molecule is Cn1cc(-c2cccc(CNc3ccc([N+](=O)[O-])c4cnccc34)c2)cn1. The molecular formula is C20H17N5O2. The van der Waals surface area contributed by atoms with Crippen molar-refractivity contribution in [3.63, 3.8) is 0 Å². The molecule has 0 fully saturated rings. The van der Waals surface area contributed by atoms with Gasteiger partial charge in [0.05, 0.1) is 16.5 Å². The van der Waals surface area contributed by atoms with Crippen LogP contribution in [0.2, 0.25) is 0 Å². The third-order valence-corrected chi connectivity index (χ3v) is 4.44. The number of hydrogen-bond donors (Lipinski definition) is 1. The Hall–Kier alpha value is -3.74. The van der Waals surface area contributed by atoms with Crippen molar-refractivity contribution in [1.82, 2.24) is 14.8 Å². The Morgan fingerprint density at radius 2 is 2.00 bits per heavy atom.